The predicted octanol–water partition coefficient (Wildman–Crippen LogP) is 0.600. The number of carbonyl (C=O) groups excluding carboxylic acids is 2. The molecule has 2 N–H and O–H groups in total. The van der Waals surface area contributed by atoms with Crippen LogP contribution in [0.25, 0.3) is 0 Å². The second-order valence-corrected chi connectivity index (χ2v) is 6.00. The molecule has 104 valence electrons. The van der Waals surface area contributed by atoms with Crippen LogP contribution < -0.4 is 10.6 Å². The summed E-state index contributed by atoms with van der Waals surface area (Å²) in [7, 11) is 0. The van der Waals surface area contributed by atoms with Crippen molar-refractivity contribution in [2.24, 2.45) is 5.41 Å². The molecule has 0 aromatic heterocycles. The molecule has 6 heteroatoms. The summed E-state index contributed by atoms with van der Waals surface area (Å²) in [6.07, 6.45) is 1.98. The molecule has 1 spiro atoms. The van der Waals surface area contributed by atoms with Crippen LogP contribution in [-0.2, 0) is 4.79 Å². The minimum absolute atomic E-state index is 0.128. The zero-order valence-electron chi connectivity index (χ0n) is 11.5. The summed E-state index contributed by atoms with van der Waals surface area (Å²) in [6.45, 7) is 5.37. The maximum atomic E-state index is 12.3. The summed E-state index contributed by atoms with van der Waals surface area (Å²) in [6, 6.07) is 1.92. The molecule has 0 aromatic rings. The van der Waals surface area contributed by atoms with Crippen LogP contribution in [0, 0.1) is 16.7 Å². The smallest absolute Gasteiger partial charge is 0.322 e. The average molecular weight is 264 g/mol. The van der Waals surface area contributed by atoms with Crippen LogP contribution >= 0.6 is 0 Å². The summed E-state index contributed by atoms with van der Waals surface area (Å²) in [5.41, 5.74) is -1.13. The molecule has 2 saturated heterocycles. The fraction of sp³-hybridized carbons (Fsp3) is 0.769. The van der Waals surface area contributed by atoms with Gasteiger partial charge in [-0.05, 0) is 39.7 Å². The highest BCUT2D eigenvalue weighted by Crippen LogP contribution is 2.26. The van der Waals surface area contributed by atoms with Gasteiger partial charge in [0.2, 0.25) is 0 Å². The number of rotatable bonds is 4. The highest BCUT2D eigenvalue weighted by molar-refractivity contribution is 6.07. The van der Waals surface area contributed by atoms with E-state index in [1.807, 2.05) is 13.8 Å². The molecule has 2 aliphatic heterocycles. The number of amides is 3. The monoisotopic (exact) mass is 264 g/mol. The van der Waals surface area contributed by atoms with Crippen LogP contribution in [-0.4, -0.2) is 42.0 Å². The Bertz CT molecular complexity index is 432. The van der Waals surface area contributed by atoms with Gasteiger partial charge in [-0.3, -0.25) is 9.69 Å². The highest BCUT2D eigenvalue weighted by Gasteiger charge is 2.52. The first-order chi connectivity index (χ1) is 8.90. The van der Waals surface area contributed by atoms with Gasteiger partial charge in [-0.25, -0.2) is 4.79 Å². The summed E-state index contributed by atoms with van der Waals surface area (Å²) < 4.78 is 0. The topological polar surface area (TPSA) is 85.2 Å². The van der Waals surface area contributed by atoms with Gasteiger partial charge in [-0.2, -0.15) is 5.26 Å². The van der Waals surface area contributed by atoms with Gasteiger partial charge in [0.05, 0.1) is 11.5 Å². The Kier molecular flexibility index (Phi) is 3.50. The molecule has 1 atom stereocenters. The van der Waals surface area contributed by atoms with Gasteiger partial charge in [0.25, 0.3) is 5.91 Å². The maximum Gasteiger partial charge on any atom is 0.325 e. The van der Waals surface area contributed by atoms with Crippen molar-refractivity contribution in [2.45, 2.75) is 38.6 Å². The summed E-state index contributed by atoms with van der Waals surface area (Å²) >= 11 is 0. The molecule has 2 aliphatic rings. The predicted molar refractivity (Wildman–Crippen MR) is 69.1 cm³/mol. The molecule has 0 radical (unpaired) electrons. The molecule has 0 bridgehead atoms. The van der Waals surface area contributed by atoms with E-state index >= 15 is 0 Å². The van der Waals surface area contributed by atoms with Crippen LogP contribution in [0.1, 0.15) is 33.1 Å². The van der Waals surface area contributed by atoms with Gasteiger partial charge in [0.15, 0.2) is 0 Å². The summed E-state index contributed by atoms with van der Waals surface area (Å²) in [5.74, 6) is -0.128. The van der Waals surface area contributed by atoms with E-state index in [-0.39, 0.29) is 11.9 Å². The van der Waals surface area contributed by atoms with E-state index in [2.05, 4.69) is 16.7 Å². The lowest BCUT2D eigenvalue weighted by Crippen LogP contribution is -2.48. The van der Waals surface area contributed by atoms with Crippen molar-refractivity contribution in [2.75, 3.05) is 19.6 Å². The van der Waals surface area contributed by atoms with E-state index in [9.17, 15) is 9.59 Å². The summed E-state index contributed by atoms with van der Waals surface area (Å²) in [4.78, 5) is 25.5. The minimum Gasteiger partial charge on any atom is -0.322 e. The standard InChI is InChI=1S/C13H20N4O2/c1-12(2,8-14)4-3-7-17-10(18)13(16-11(17)19)5-6-15-9-13/h15H,3-7,9H2,1-2H3,(H,16,19). The van der Waals surface area contributed by atoms with Gasteiger partial charge in [-0.15, -0.1) is 0 Å². The number of nitrogens with zero attached hydrogens (tertiary/aromatic N) is 2. The Hall–Kier alpha value is -1.61. The normalized spacial score (nSPS) is 26.9. The third-order valence-corrected chi connectivity index (χ3v) is 3.89. The zero-order chi connectivity index (χ0) is 14.1. The number of hydrogen-bond donors (Lipinski definition) is 2. The van der Waals surface area contributed by atoms with E-state index in [1.165, 1.54) is 4.90 Å². The molecule has 2 fully saturated rings. The van der Waals surface area contributed by atoms with Gasteiger partial charge < -0.3 is 10.6 Å². The Morgan fingerprint density at radius 1 is 1.47 bits per heavy atom. The molecule has 0 aliphatic carbocycles. The van der Waals surface area contributed by atoms with Crippen LogP contribution in [0.4, 0.5) is 4.79 Å². The average Bonchev–Trinajstić information content (AvgIpc) is 2.91. The van der Waals surface area contributed by atoms with Crippen LogP contribution in [0.15, 0.2) is 0 Å². The Labute approximate surface area is 113 Å². The lowest BCUT2D eigenvalue weighted by molar-refractivity contribution is -0.130. The first-order valence-corrected chi connectivity index (χ1v) is 6.66. The molecular formula is C13H20N4O2. The van der Waals surface area contributed by atoms with Crippen molar-refractivity contribution in [3.63, 3.8) is 0 Å². The minimum atomic E-state index is -0.720. The lowest BCUT2D eigenvalue weighted by Gasteiger charge is -2.20. The van der Waals surface area contributed by atoms with Crippen molar-refractivity contribution >= 4 is 11.9 Å². The largest absolute Gasteiger partial charge is 0.325 e. The van der Waals surface area contributed by atoms with Crippen LogP contribution in [0.3, 0.4) is 0 Å². The van der Waals surface area contributed by atoms with Gasteiger partial charge in [0, 0.05) is 13.1 Å². The molecule has 2 heterocycles. The van der Waals surface area contributed by atoms with Crippen molar-refractivity contribution < 1.29 is 9.59 Å². The van der Waals surface area contributed by atoms with Crippen LogP contribution in [0.2, 0.25) is 0 Å². The number of nitriles is 1. The third-order valence-electron chi connectivity index (χ3n) is 3.89. The van der Waals surface area contributed by atoms with E-state index in [0.29, 0.717) is 32.4 Å². The molecule has 0 saturated carbocycles. The molecule has 2 rings (SSSR count). The van der Waals surface area contributed by atoms with Crippen molar-refractivity contribution in [1.29, 1.82) is 5.26 Å². The molecule has 3 amide bonds. The van der Waals surface area contributed by atoms with Gasteiger partial charge in [-0.1, -0.05) is 0 Å². The quantitative estimate of drug-likeness (QED) is 0.728. The number of urea groups is 1. The van der Waals surface area contributed by atoms with Gasteiger partial charge >= 0.3 is 6.03 Å². The summed E-state index contributed by atoms with van der Waals surface area (Å²) in [5, 5.41) is 14.9. The van der Waals surface area contributed by atoms with E-state index in [1.54, 1.807) is 0 Å². The Balaban J connectivity index is 1.93. The van der Waals surface area contributed by atoms with E-state index in [0.717, 1.165) is 6.54 Å². The van der Waals surface area contributed by atoms with E-state index < -0.39 is 11.0 Å². The van der Waals surface area contributed by atoms with Crippen LogP contribution in [0.5, 0.6) is 0 Å². The second-order valence-electron chi connectivity index (χ2n) is 6.00. The first kappa shape index (κ1) is 13.8. The fourth-order valence-electron chi connectivity index (χ4n) is 2.60. The van der Waals surface area contributed by atoms with Crippen molar-refractivity contribution in [1.82, 2.24) is 15.5 Å². The molecule has 6 nitrogen and oxygen atoms in total. The van der Waals surface area contributed by atoms with E-state index in [4.69, 9.17) is 5.26 Å². The Morgan fingerprint density at radius 2 is 2.21 bits per heavy atom. The molecule has 0 aromatic carbocycles. The maximum absolute atomic E-state index is 12.3. The lowest BCUT2D eigenvalue weighted by atomic mass is 9.90. The fourth-order valence-corrected chi connectivity index (χ4v) is 2.60. The number of nitrogens with one attached hydrogen (secondary N) is 2. The highest BCUT2D eigenvalue weighted by atomic mass is 16.2. The van der Waals surface area contributed by atoms with Crippen molar-refractivity contribution in [3.05, 3.63) is 0 Å². The molecular weight excluding hydrogens is 244 g/mol. The molecule has 1 unspecified atom stereocenters. The van der Waals surface area contributed by atoms with Gasteiger partial charge in [0.1, 0.15) is 5.54 Å². The second kappa shape index (κ2) is 4.82. The number of carbonyl (C=O) groups is 2. The Morgan fingerprint density at radius 3 is 2.79 bits per heavy atom. The molecule has 19 heavy (non-hydrogen) atoms. The number of hydrogen-bond acceptors (Lipinski definition) is 4. The number of imide groups is 1. The zero-order valence-corrected chi connectivity index (χ0v) is 11.5. The van der Waals surface area contributed by atoms with Crippen molar-refractivity contribution in [3.8, 4) is 6.07 Å². The third kappa shape index (κ3) is 2.56. The SMILES string of the molecule is CC(C)(C#N)CCCN1C(=O)NC2(CCNC2)C1=O. The first-order valence-electron chi connectivity index (χ1n) is 6.66.